The molecule has 0 spiro atoms. The highest BCUT2D eigenvalue weighted by molar-refractivity contribution is 6.47. The molecule has 1 heterocycles. The van der Waals surface area contributed by atoms with Gasteiger partial charge in [0.25, 0.3) is 0 Å². The van der Waals surface area contributed by atoms with Gasteiger partial charge in [-0.3, -0.25) is 0 Å². The average Bonchev–Trinajstić information content (AvgIpc) is 2.24. The van der Waals surface area contributed by atoms with Crippen molar-refractivity contribution in [1.29, 1.82) is 0 Å². The van der Waals surface area contributed by atoms with Crippen molar-refractivity contribution in [2.45, 2.75) is 6.92 Å². The van der Waals surface area contributed by atoms with Crippen LogP contribution >= 0.6 is 34.8 Å². The highest BCUT2D eigenvalue weighted by atomic mass is 35.5. The Balaban J connectivity index is 0.000000293. The number of aliphatic carboxylic acids is 1. The third-order valence-corrected chi connectivity index (χ3v) is 2.41. The van der Waals surface area contributed by atoms with E-state index in [1.807, 2.05) is 0 Å². The second-order valence-corrected chi connectivity index (χ2v) is 3.57. The maximum atomic E-state index is 9.63. The minimum atomic E-state index is -0.915. The van der Waals surface area contributed by atoms with Gasteiger partial charge >= 0.3 is 5.97 Å². The molecule has 0 aliphatic rings. The summed E-state index contributed by atoms with van der Waals surface area (Å²) in [4.78, 5) is 13.3. The van der Waals surface area contributed by atoms with Gasteiger partial charge in [0.2, 0.25) is 0 Å². The van der Waals surface area contributed by atoms with Crippen molar-refractivity contribution in [2.75, 3.05) is 13.2 Å². The number of carboxylic acids is 1. The lowest BCUT2D eigenvalue weighted by atomic mass is 10.5. The maximum Gasteiger partial charge on any atom is 0.329 e. The number of hydrogen-bond donors (Lipinski definition) is 1. The minimum absolute atomic E-state index is 0.184. The van der Waals surface area contributed by atoms with Crippen LogP contribution in [0.3, 0.4) is 0 Å². The molecule has 0 aliphatic heterocycles. The van der Waals surface area contributed by atoms with Crippen LogP contribution in [0.5, 0.6) is 0 Å². The van der Waals surface area contributed by atoms with Crippen molar-refractivity contribution < 1.29 is 14.6 Å². The first-order valence-corrected chi connectivity index (χ1v) is 5.37. The first kappa shape index (κ1) is 15.4. The third kappa shape index (κ3) is 6.85. The van der Waals surface area contributed by atoms with Crippen LogP contribution in [-0.2, 0) is 9.53 Å². The quantitative estimate of drug-likeness (QED) is 0.867. The number of carboxylic acid groups (broad SMARTS) is 1. The number of rotatable bonds is 3. The zero-order valence-electron chi connectivity index (χ0n) is 8.41. The second-order valence-electron chi connectivity index (χ2n) is 2.43. The van der Waals surface area contributed by atoms with Crippen molar-refractivity contribution in [3.63, 3.8) is 0 Å². The zero-order valence-corrected chi connectivity index (χ0v) is 10.7. The van der Waals surface area contributed by atoms with E-state index in [1.165, 1.54) is 6.20 Å². The molecule has 0 radical (unpaired) electrons. The number of hydrogen-bond acceptors (Lipinski definition) is 3. The van der Waals surface area contributed by atoms with E-state index < -0.39 is 5.97 Å². The molecular formula is C9H10Cl3NO3. The fourth-order valence-corrected chi connectivity index (χ4v) is 1.05. The van der Waals surface area contributed by atoms with Crippen LogP contribution in [0.15, 0.2) is 12.3 Å². The normalized spacial score (nSPS) is 9.25. The van der Waals surface area contributed by atoms with E-state index in [2.05, 4.69) is 9.72 Å². The molecule has 1 rings (SSSR count). The number of pyridine rings is 1. The van der Waals surface area contributed by atoms with Gasteiger partial charge in [-0.1, -0.05) is 34.8 Å². The van der Waals surface area contributed by atoms with Crippen LogP contribution in [0, 0.1) is 0 Å². The Kier molecular flexibility index (Phi) is 8.29. The molecule has 1 N–H and O–H groups in total. The zero-order chi connectivity index (χ0) is 12.6. The topological polar surface area (TPSA) is 59.4 Å². The van der Waals surface area contributed by atoms with Crippen LogP contribution in [0.2, 0.25) is 15.2 Å². The van der Waals surface area contributed by atoms with E-state index >= 15 is 0 Å². The molecule has 0 unspecified atom stereocenters. The van der Waals surface area contributed by atoms with Crippen LogP contribution in [-0.4, -0.2) is 29.3 Å². The summed E-state index contributed by atoms with van der Waals surface area (Å²) < 4.78 is 4.50. The van der Waals surface area contributed by atoms with E-state index in [1.54, 1.807) is 13.0 Å². The van der Waals surface area contributed by atoms with E-state index in [-0.39, 0.29) is 11.8 Å². The monoisotopic (exact) mass is 285 g/mol. The Morgan fingerprint density at radius 3 is 2.44 bits per heavy atom. The molecular weight excluding hydrogens is 276 g/mol. The average molecular weight is 287 g/mol. The lowest BCUT2D eigenvalue weighted by molar-refractivity contribution is -0.142. The van der Waals surface area contributed by atoms with E-state index in [9.17, 15) is 4.79 Å². The molecule has 7 heteroatoms. The summed E-state index contributed by atoms with van der Waals surface area (Å²) in [6, 6.07) is 1.58. The Bertz CT molecular complexity index is 327. The third-order valence-electron chi connectivity index (χ3n) is 1.23. The van der Waals surface area contributed by atoms with Crippen LogP contribution < -0.4 is 0 Å². The van der Waals surface area contributed by atoms with Crippen molar-refractivity contribution >= 4 is 40.8 Å². The number of nitrogens with zero attached hydrogens (tertiary/aromatic N) is 1. The summed E-state index contributed by atoms with van der Waals surface area (Å²) in [5.41, 5.74) is 0. The fourth-order valence-electron chi connectivity index (χ4n) is 0.586. The lowest BCUT2D eigenvalue weighted by Crippen LogP contribution is -2.05. The molecule has 16 heavy (non-hydrogen) atoms. The summed E-state index contributed by atoms with van der Waals surface area (Å²) in [5.74, 6) is -0.915. The van der Waals surface area contributed by atoms with E-state index in [0.717, 1.165) is 0 Å². The van der Waals surface area contributed by atoms with Gasteiger partial charge in [-0.2, -0.15) is 0 Å². The van der Waals surface area contributed by atoms with E-state index in [4.69, 9.17) is 39.9 Å². The molecule has 0 aliphatic carbocycles. The van der Waals surface area contributed by atoms with E-state index in [0.29, 0.717) is 16.7 Å². The molecule has 0 saturated carbocycles. The van der Waals surface area contributed by atoms with Gasteiger partial charge in [0.15, 0.2) is 0 Å². The minimum Gasteiger partial charge on any atom is -0.480 e. The molecule has 0 fully saturated rings. The van der Waals surface area contributed by atoms with Gasteiger partial charge < -0.3 is 9.84 Å². The second kappa shape index (κ2) is 8.58. The number of carbonyl (C=O) groups is 1. The highest BCUT2D eigenvalue weighted by Crippen LogP contribution is 2.26. The molecule has 1 aromatic rings. The molecule has 0 atom stereocenters. The van der Waals surface area contributed by atoms with Crippen molar-refractivity contribution in [3.05, 3.63) is 27.5 Å². The largest absolute Gasteiger partial charge is 0.480 e. The molecule has 1 aromatic heterocycles. The van der Waals surface area contributed by atoms with Crippen LogP contribution in [0.4, 0.5) is 0 Å². The summed E-state index contributed by atoms with van der Waals surface area (Å²) >= 11 is 16.6. The SMILES string of the molecule is CCOCC(=O)O.Clc1ccnc(Cl)c1Cl. The van der Waals surface area contributed by atoms with Crippen molar-refractivity contribution in [3.8, 4) is 0 Å². The maximum absolute atomic E-state index is 9.63. The molecule has 90 valence electrons. The summed E-state index contributed by atoms with van der Waals surface area (Å²) in [6.45, 7) is 2.03. The molecule has 0 saturated heterocycles. The number of halogens is 3. The van der Waals surface area contributed by atoms with Gasteiger partial charge in [0, 0.05) is 12.8 Å². The van der Waals surface area contributed by atoms with Crippen molar-refractivity contribution in [2.24, 2.45) is 0 Å². The van der Waals surface area contributed by atoms with Crippen molar-refractivity contribution in [1.82, 2.24) is 4.98 Å². The fraction of sp³-hybridized carbons (Fsp3) is 0.333. The first-order valence-electron chi connectivity index (χ1n) is 4.24. The summed E-state index contributed by atoms with van der Waals surface area (Å²) in [7, 11) is 0. The lowest BCUT2D eigenvalue weighted by Gasteiger charge is -1.93. The van der Waals surface area contributed by atoms with Gasteiger partial charge in [-0.15, -0.1) is 0 Å². The predicted molar refractivity (Wildman–Crippen MR) is 63.4 cm³/mol. The molecule has 4 nitrogen and oxygen atoms in total. The standard InChI is InChI=1S/C5H2Cl3N.C4H8O3/c6-3-1-2-9-5(8)4(3)7;1-2-7-3-4(5)6/h1-2H;2-3H2,1H3,(H,5,6). The molecule has 0 bridgehead atoms. The smallest absolute Gasteiger partial charge is 0.329 e. The number of ether oxygens (including phenoxy) is 1. The highest BCUT2D eigenvalue weighted by Gasteiger charge is 2.00. The van der Waals surface area contributed by atoms with Gasteiger partial charge in [-0.25, -0.2) is 9.78 Å². The molecule has 0 aromatic carbocycles. The predicted octanol–water partition coefficient (Wildman–Crippen LogP) is 3.15. The first-order chi connectivity index (χ1) is 7.49. The van der Waals surface area contributed by atoms with Crippen LogP contribution in [0.25, 0.3) is 0 Å². The molecule has 0 amide bonds. The van der Waals surface area contributed by atoms with Gasteiger partial charge in [0.05, 0.1) is 10.0 Å². The number of aromatic nitrogens is 1. The van der Waals surface area contributed by atoms with Crippen LogP contribution in [0.1, 0.15) is 6.92 Å². The Morgan fingerprint density at radius 1 is 1.50 bits per heavy atom. The van der Waals surface area contributed by atoms with Gasteiger partial charge in [-0.05, 0) is 13.0 Å². The van der Waals surface area contributed by atoms with Gasteiger partial charge in [0.1, 0.15) is 11.8 Å². The Labute approximate surface area is 108 Å². The Hall–Kier alpha value is -0.550. The summed E-state index contributed by atoms with van der Waals surface area (Å²) in [6.07, 6.45) is 1.50. The Morgan fingerprint density at radius 2 is 2.12 bits per heavy atom. The summed E-state index contributed by atoms with van der Waals surface area (Å²) in [5, 5.41) is 8.89.